The Hall–Kier alpha value is -4.10. The van der Waals surface area contributed by atoms with Crippen molar-refractivity contribution in [2.75, 3.05) is 6.54 Å². The fourth-order valence-corrected chi connectivity index (χ4v) is 6.02. The van der Waals surface area contributed by atoms with Crippen molar-refractivity contribution in [2.45, 2.75) is 64.6 Å². The Kier molecular flexibility index (Phi) is 7.55. The summed E-state index contributed by atoms with van der Waals surface area (Å²) in [7, 11) is 0. The number of aromatic nitrogens is 5. The summed E-state index contributed by atoms with van der Waals surface area (Å²) in [6, 6.07) is 27.1. The van der Waals surface area contributed by atoms with Gasteiger partial charge in [0.05, 0.1) is 6.04 Å². The van der Waals surface area contributed by atoms with Gasteiger partial charge < -0.3 is 4.98 Å². The van der Waals surface area contributed by atoms with E-state index in [9.17, 15) is 4.79 Å². The molecule has 2 heterocycles. The van der Waals surface area contributed by atoms with Gasteiger partial charge in [-0.05, 0) is 89.4 Å². The van der Waals surface area contributed by atoms with Crippen molar-refractivity contribution in [3.05, 3.63) is 123 Å². The largest absolute Gasteiger partial charge is 0.322 e. The van der Waals surface area contributed by atoms with Crippen LogP contribution in [0.25, 0.3) is 10.9 Å². The van der Waals surface area contributed by atoms with E-state index in [0.717, 1.165) is 48.1 Å². The number of pyridine rings is 1. The van der Waals surface area contributed by atoms with Crippen LogP contribution in [0, 0.1) is 13.8 Å². The standard InChI is InChI=1S/C33H36N6O/c1-23-19-27-21-29(33(40)34-30(27)20-24(23)2)31(32-35-36-37-39(32)28-15-9-10-16-28)38(22-26-13-7-4-8-14-26)18-17-25-11-5-3-6-12-25/h3-8,11-14,19-21,28,31H,9-10,15-18,22H2,1-2H3,(H,34,40)/t31-/m0/s1. The van der Waals surface area contributed by atoms with Crippen molar-refractivity contribution >= 4 is 10.9 Å². The minimum atomic E-state index is -0.408. The van der Waals surface area contributed by atoms with Crippen LogP contribution in [-0.4, -0.2) is 36.6 Å². The van der Waals surface area contributed by atoms with Gasteiger partial charge in [-0.25, -0.2) is 4.68 Å². The maximum atomic E-state index is 13.9. The lowest BCUT2D eigenvalue weighted by Crippen LogP contribution is -2.36. The minimum absolute atomic E-state index is 0.0977. The smallest absolute Gasteiger partial charge is 0.253 e. The lowest BCUT2D eigenvalue weighted by molar-refractivity contribution is 0.201. The molecule has 1 aliphatic carbocycles. The van der Waals surface area contributed by atoms with Gasteiger partial charge >= 0.3 is 0 Å². The molecular formula is C33H36N6O. The van der Waals surface area contributed by atoms with Crippen molar-refractivity contribution in [2.24, 2.45) is 0 Å². The van der Waals surface area contributed by atoms with Gasteiger partial charge in [0, 0.05) is 24.2 Å². The monoisotopic (exact) mass is 532 g/mol. The zero-order valence-electron chi connectivity index (χ0n) is 23.3. The maximum Gasteiger partial charge on any atom is 0.253 e. The number of aryl methyl sites for hydroxylation is 2. The van der Waals surface area contributed by atoms with E-state index in [0.29, 0.717) is 12.1 Å². The molecule has 0 amide bonds. The van der Waals surface area contributed by atoms with E-state index in [4.69, 9.17) is 0 Å². The zero-order valence-corrected chi connectivity index (χ0v) is 23.3. The Labute approximate surface area is 234 Å². The number of hydrogen-bond donors (Lipinski definition) is 1. The van der Waals surface area contributed by atoms with Gasteiger partial charge in [-0.15, -0.1) is 5.10 Å². The van der Waals surface area contributed by atoms with Crippen LogP contribution in [-0.2, 0) is 13.0 Å². The Balaban J connectivity index is 1.50. The molecule has 1 atom stereocenters. The molecular weight excluding hydrogens is 496 g/mol. The van der Waals surface area contributed by atoms with Crippen LogP contribution in [0.3, 0.4) is 0 Å². The highest BCUT2D eigenvalue weighted by Crippen LogP contribution is 2.34. The second kappa shape index (κ2) is 11.6. The highest BCUT2D eigenvalue weighted by molar-refractivity contribution is 5.81. The Bertz CT molecular complexity index is 1640. The summed E-state index contributed by atoms with van der Waals surface area (Å²) in [6.07, 6.45) is 5.30. The Morgan fingerprint density at radius 2 is 1.60 bits per heavy atom. The third-order valence-electron chi connectivity index (χ3n) is 8.34. The van der Waals surface area contributed by atoms with E-state index >= 15 is 0 Å². The van der Waals surface area contributed by atoms with Crippen LogP contribution in [0.4, 0.5) is 0 Å². The van der Waals surface area contributed by atoms with E-state index in [1.54, 1.807) is 0 Å². The second-order valence-electron chi connectivity index (χ2n) is 11.1. The maximum absolute atomic E-state index is 13.9. The first-order valence-corrected chi connectivity index (χ1v) is 14.3. The topological polar surface area (TPSA) is 79.7 Å². The average Bonchev–Trinajstić information content (AvgIpc) is 3.67. The molecule has 0 unspecified atom stereocenters. The molecule has 1 aliphatic rings. The van der Waals surface area contributed by atoms with Crippen LogP contribution < -0.4 is 5.56 Å². The van der Waals surface area contributed by atoms with Crippen LogP contribution in [0.2, 0.25) is 0 Å². The summed E-state index contributed by atoms with van der Waals surface area (Å²) >= 11 is 0. The van der Waals surface area contributed by atoms with Gasteiger partial charge in [0.2, 0.25) is 0 Å². The van der Waals surface area contributed by atoms with Crippen LogP contribution in [0.5, 0.6) is 0 Å². The molecule has 7 nitrogen and oxygen atoms in total. The molecule has 40 heavy (non-hydrogen) atoms. The molecule has 0 radical (unpaired) electrons. The summed E-state index contributed by atoms with van der Waals surface area (Å²) in [5.41, 5.74) is 6.23. The van der Waals surface area contributed by atoms with Gasteiger partial charge in [0.25, 0.3) is 5.56 Å². The SMILES string of the molecule is Cc1cc2cc([C@@H](c3nnnn3C3CCCC3)N(CCc3ccccc3)Cc3ccccc3)c(=O)[nH]c2cc1C. The Morgan fingerprint density at radius 1 is 0.925 bits per heavy atom. The second-order valence-corrected chi connectivity index (χ2v) is 11.1. The molecule has 1 saturated carbocycles. The number of tetrazole rings is 1. The number of nitrogens with one attached hydrogen (secondary N) is 1. The van der Waals surface area contributed by atoms with E-state index in [2.05, 4.69) is 106 Å². The van der Waals surface area contributed by atoms with Crippen molar-refractivity contribution in [3.8, 4) is 0 Å². The first-order valence-electron chi connectivity index (χ1n) is 14.3. The molecule has 5 aromatic rings. The Morgan fingerprint density at radius 3 is 2.33 bits per heavy atom. The van der Waals surface area contributed by atoms with Gasteiger partial charge in [0.1, 0.15) is 6.04 Å². The molecule has 7 heteroatoms. The van der Waals surface area contributed by atoms with Gasteiger partial charge in [-0.2, -0.15) is 0 Å². The molecule has 0 saturated heterocycles. The summed E-state index contributed by atoms with van der Waals surface area (Å²) in [5.74, 6) is 0.740. The summed E-state index contributed by atoms with van der Waals surface area (Å²) < 4.78 is 2.00. The number of hydrogen-bond acceptors (Lipinski definition) is 5. The predicted octanol–water partition coefficient (Wildman–Crippen LogP) is 6.08. The molecule has 6 rings (SSSR count). The lowest BCUT2D eigenvalue weighted by Gasteiger charge is -2.32. The first kappa shape index (κ1) is 26.1. The highest BCUT2D eigenvalue weighted by atomic mass is 16.1. The van der Waals surface area contributed by atoms with Gasteiger partial charge in [-0.3, -0.25) is 9.69 Å². The predicted molar refractivity (Wildman–Crippen MR) is 158 cm³/mol. The average molecular weight is 533 g/mol. The normalized spacial score (nSPS) is 14.8. The summed E-state index contributed by atoms with van der Waals surface area (Å²) in [6.45, 7) is 5.59. The van der Waals surface area contributed by atoms with E-state index < -0.39 is 6.04 Å². The third kappa shape index (κ3) is 5.47. The molecule has 204 valence electrons. The van der Waals surface area contributed by atoms with Gasteiger partial charge in [-0.1, -0.05) is 73.5 Å². The number of aromatic amines is 1. The summed E-state index contributed by atoms with van der Waals surface area (Å²) in [4.78, 5) is 19.4. The van der Waals surface area contributed by atoms with E-state index in [1.165, 1.54) is 29.5 Å². The number of nitrogens with zero attached hydrogens (tertiary/aromatic N) is 5. The number of H-pyrrole nitrogens is 1. The number of fused-ring (bicyclic) bond motifs is 1. The molecule has 1 fully saturated rings. The van der Waals surface area contributed by atoms with Crippen LogP contribution in [0.15, 0.2) is 83.7 Å². The number of benzene rings is 3. The van der Waals surface area contributed by atoms with Crippen molar-refractivity contribution in [3.63, 3.8) is 0 Å². The lowest BCUT2D eigenvalue weighted by atomic mass is 9.99. The van der Waals surface area contributed by atoms with Crippen LogP contribution in [0.1, 0.15) is 71.4 Å². The number of rotatable bonds is 9. The summed E-state index contributed by atoms with van der Waals surface area (Å²) in [5, 5.41) is 14.3. The van der Waals surface area contributed by atoms with Crippen molar-refractivity contribution in [1.82, 2.24) is 30.1 Å². The molecule has 0 spiro atoms. The highest BCUT2D eigenvalue weighted by Gasteiger charge is 2.33. The molecule has 3 aromatic carbocycles. The van der Waals surface area contributed by atoms with Gasteiger partial charge in [0.15, 0.2) is 5.82 Å². The van der Waals surface area contributed by atoms with E-state index in [-0.39, 0.29) is 11.6 Å². The van der Waals surface area contributed by atoms with Crippen LogP contribution >= 0.6 is 0 Å². The van der Waals surface area contributed by atoms with E-state index in [1.807, 2.05) is 16.8 Å². The fourth-order valence-electron chi connectivity index (χ4n) is 6.02. The van der Waals surface area contributed by atoms with Crippen molar-refractivity contribution in [1.29, 1.82) is 0 Å². The molecule has 0 aliphatic heterocycles. The minimum Gasteiger partial charge on any atom is -0.322 e. The third-order valence-corrected chi connectivity index (χ3v) is 8.34. The zero-order chi connectivity index (χ0) is 27.5. The van der Waals surface area contributed by atoms with Crippen molar-refractivity contribution < 1.29 is 0 Å². The molecule has 1 N–H and O–H groups in total. The first-order chi connectivity index (χ1) is 19.6. The quantitative estimate of drug-likeness (QED) is 0.249. The molecule has 0 bridgehead atoms. The molecule has 2 aromatic heterocycles. The fraction of sp³-hybridized carbons (Fsp3) is 0.333.